The topological polar surface area (TPSA) is 20.3 Å². The first-order valence-electron chi connectivity index (χ1n) is 6.55. The van der Waals surface area contributed by atoms with Gasteiger partial charge in [0, 0.05) is 16.5 Å². The van der Waals surface area contributed by atoms with Gasteiger partial charge in [-0.25, -0.2) is 0 Å². The smallest absolute Gasteiger partial charge is 0.156 e. The van der Waals surface area contributed by atoms with Gasteiger partial charge >= 0.3 is 0 Å². The van der Waals surface area contributed by atoms with Gasteiger partial charge in [-0.15, -0.1) is 0 Å². The molecule has 0 N–H and O–H groups in total. The summed E-state index contributed by atoms with van der Waals surface area (Å²) in [6.07, 6.45) is 0.333. The van der Waals surface area contributed by atoms with Crippen molar-refractivity contribution in [1.29, 1.82) is 0 Å². The van der Waals surface area contributed by atoms with Gasteiger partial charge in [0.1, 0.15) is 0 Å². The summed E-state index contributed by atoms with van der Waals surface area (Å²) in [5.74, 6) is 0.167. The molecule has 0 amide bonds. The van der Waals surface area contributed by atoms with E-state index in [-0.39, 0.29) is 5.78 Å². The molecule has 4 heteroatoms. The van der Waals surface area contributed by atoms with Crippen molar-refractivity contribution in [2.45, 2.75) is 39.7 Å². The van der Waals surface area contributed by atoms with Crippen molar-refractivity contribution >= 4 is 29.0 Å². The van der Waals surface area contributed by atoms with Crippen molar-refractivity contribution in [2.75, 3.05) is 13.1 Å². The average Bonchev–Trinajstić information content (AvgIpc) is 2.33. The van der Waals surface area contributed by atoms with Crippen molar-refractivity contribution in [1.82, 2.24) is 4.90 Å². The van der Waals surface area contributed by atoms with E-state index in [9.17, 15) is 4.79 Å². The second-order valence-corrected chi connectivity index (χ2v) is 5.91. The van der Waals surface area contributed by atoms with Crippen molar-refractivity contribution in [3.05, 3.63) is 33.8 Å². The summed E-state index contributed by atoms with van der Waals surface area (Å²) in [5, 5.41) is 1.14. The van der Waals surface area contributed by atoms with Gasteiger partial charge in [-0.1, -0.05) is 43.1 Å². The zero-order valence-corrected chi connectivity index (χ0v) is 13.5. The highest BCUT2D eigenvalue weighted by molar-refractivity contribution is 6.35. The Morgan fingerprint density at radius 2 is 1.79 bits per heavy atom. The van der Waals surface area contributed by atoms with E-state index in [0.717, 1.165) is 18.7 Å². The molecule has 1 aromatic carbocycles. The third-order valence-electron chi connectivity index (χ3n) is 3.60. The van der Waals surface area contributed by atoms with E-state index in [1.54, 1.807) is 12.1 Å². The largest absolute Gasteiger partial charge is 0.297 e. The lowest BCUT2D eigenvalue weighted by atomic mass is 9.91. The summed E-state index contributed by atoms with van der Waals surface area (Å²) in [5.41, 5.74) is 0.350. The van der Waals surface area contributed by atoms with Crippen LogP contribution in [0.5, 0.6) is 0 Å². The average molecular weight is 302 g/mol. The second kappa shape index (κ2) is 6.74. The number of ketones is 1. The Morgan fingerprint density at radius 3 is 2.26 bits per heavy atom. The summed E-state index contributed by atoms with van der Waals surface area (Å²) >= 11 is 12.0. The van der Waals surface area contributed by atoms with E-state index in [2.05, 4.69) is 18.7 Å². The fourth-order valence-electron chi connectivity index (χ4n) is 2.24. The molecule has 0 bridgehead atoms. The lowest BCUT2D eigenvalue weighted by Crippen LogP contribution is -2.50. The predicted molar refractivity (Wildman–Crippen MR) is 82.2 cm³/mol. The van der Waals surface area contributed by atoms with Crippen molar-refractivity contribution in [3.8, 4) is 0 Å². The molecule has 1 rings (SSSR count). The van der Waals surface area contributed by atoms with Crippen molar-refractivity contribution < 1.29 is 4.79 Å². The summed E-state index contributed by atoms with van der Waals surface area (Å²) in [6, 6.07) is 5.26. The van der Waals surface area contributed by atoms with Gasteiger partial charge < -0.3 is 0 Å². The van der Waals surface area contributed by atoms with Gasteiger partial charge in [0.2, 0.25) is 0 Å². The van der Waals surface area contributed by atoms with Crippen LogP contribution in [0.2, 0.25) is 10.0 Å². The number of hydrogen-bond donors (Lipinski definition) is 0. The number of carbonyl (C=O) groups is 1. The highest BCUT2D eigenvalue weighted by atomic mass is 35.5. The van der Waals surface area contributed by atoms with Crippen LogP contribution in [0.25, 0.3) is 0 Å². The van der Waals surface area contributed by atoms with Crippen molar-refractivity contribution in [2.24, 2.45) is 0 Å². The summed E-state index contributed by atoms with van der Waals surface area (Å²) in [7, 11) is 0. The monoisotopic (exact) mass is 301 g/mol. The number of Topliss-reactive ketones (excluding diaryl/α,β-unsaturated/α-hetero) is 1. The molecular weight excluding hydrogens is 281 g/mol. The maximum absolute atomic E-state index is 12.5. The van der Waals surface area contributed by atoms with Crippen LogP contribution in [0.4, 0.5) is 0 Å². The first kappa shape index (κ1) is 16.5. The third-order valence-corrected chi connectivity index (χ3v) is 4.19. The molecule has 0 aliphatic heterocycles. The quantitative estimate of drug-likeness (QED) is 0.784. The minimum Gasteiger partial charge on any atom is -0.297 e. The van der Waals surface area contributed by atoms with Crippen LogP contribution in [-0.2, 0) is 11.2 Å². The number of halogens is 2. The van der Waals surface area contributed by atoms with E-state index >= 15 is 0 Å². The summed E-state index contributed by atoms with van der Waals surface area (Å²) < 4.78 is 0. The maximum Gasteiger partial charge on any atom is 0.156 e. The highest BCUT2D eigenvalue weighted by Gasteiger charge is 2.32. The highest BCUT2D eigenvalue weighted by Crippen LogP contribution is 2.24. The Labute approximate surface area is 125 Å². The van der Waals surface area contributed by atoms with Gasteiger partial charge in [-0.3, -0.25) is 9.69 Å². The first-order chi connectivity index (χ1) is 8.82. The Bertz CT molecular complexity index is 453. The van der Waals surface area contributed by atoms with E-state index in [1.807, 2.05) is 19.9 Å². The van der Waals surface area contributed by atoms with Crippen LogP contribution in [0.15, 0.2) is 18.2 Å². The molecule has 0 aliphatic rings. The van der Waals surface area contributed by atoms with E-state index < -0.39 is 5.54 Å². The van der Waals surface area contributed by atoms with Gasteiger partial charge in [-0.2, -0.15) is 0 Å². The lowest BCUT2D eigenvalue weighted by Gasteiger charge is -2.35. The molecule has 0 saturated heterocycles. The predicted octanol–water partition coefficient (Wildman–Crippen LogP) is 4.23. The molecule has 0 fully saturated rings. The van der Waals surface area contributed by atoms with E-state index in [4.69, 9.17) is 23.2 Å². The Morgan fingerprint density at radius 1 is 1.21 bits per heavy atom. The van der Waals surface area contributed by atoms with Crippen LogP contribution in [0.3, 0.4) is 0 Å². The Hall–Kier alpha value is -0.570. The Balaban J connectivity index is 2.89. The van der Waals surface area contributed by atoms with Crippen LogP contribution in [-0.4, -0.2) is 29.3 Å². The fraction of sp³-hybridized carbons (Fsp3) is 0.533. The van der Waals surface area contributed by atoms with Gasteiger partial charge in [0.05, 0.1) is 5.54 Å². The SMILES string of the molecule is CCN(CC)C(C)(C)C(=O)Cc1ccc(Cl)cc1Cl. The molecule has 19 heavy (non-hydrogen) atoms. The molecule has 106 valence electrons. The second-order valence-electron chi connectivity index (χ2n) is 5.07. The third kappa shape index (κ3) is 3.95. The van der Waals surface area contributed by atoms with Crippen LogP contribution < -0.4 is 0 Å². The summed E-state index contributed by atoms with van der Waals surface area (Å²) in [6.45, 7) is 9.76. The van der Waals surface area contributed by atoms with E-state index in [1.165, 1.54) is 0 Å². The molecule has 1 aromatic rings. The number of benzene rings is 1. The number of hydrogen-bond acceptors (Lipinski definition) is 2. The zero-order chi connectivity index (χ0) is 14.6. The summed E-state index contributed by atoms with van der Waals surface area (Å²) in [4.78, 5) is 14.6. The number of likely N-dealkylation sites (N-methyl/N-ethyl adjacent to an activating group) is 1. The molecule has 0 atom stereocenters. The molecule has 2 nitrogen and oxygen atoms in total. The standard InChI is InChI=1S/C15H21Cl2NO/c1-5-18(6-2)15(3,4)14(19)9-11-7-8-12(16)10-13(11)17/h7-8,10H,5-6,9H2,1-4H3. The zero-order valence-electron chi connectivity index (χ0n) is 12.0. The minimum atomic E-state index is -0.480. The fourth-order valence-corrected chi connectivity index (χ4v) is 2.72. The molecule has 0 aromatic heterocycles. The molecule has 0 radical (unpaired) electrons. The minimum absolute atomic E-state index is 0.167. The number of rotatable bonds is 6. The molecule has 0 heterocycles. The lowest BCUT2D eigenvalue weighted by molar-refractivity contribution is -0.128. The Kier molecular flexibility index (Phi) is 5.84. The maximum atomic E-state index is 12.5. The number of carbonyl (C=O) groups excluding carboxylic acids is 1. The molecule has 0 aliphatic carbocycles. The van der Waals surface area contributed by atoms with E-state index in [0.29, 0.717) is 16.5 Å². The van der Waals surface area contributed by atoms with Gasteiger partial charge in [-0.05, 0) is 44.6 Å². The molecule has 0 saturated carbocycles. The molecular formula is C15H21Cl2NO. The van der Waals surface area contributed by atoms with Gasteiger partial charge in [0.25, 0.3) is 0 Å². The van der Waals surface area contributed by atoms with Crippen LogP contribution >= 0.6 is 23.2 Å². The first-order valence-corrected chi connectivity index (χ1v) is 7.30. The van der Waals surface area contributed by atoms with Crippen molar-refractivity contribution in [3.63, 3.8) is 0 Å². The normalized spacial score (nSPS) is 11.9. The molecule has 0 spiro atoms. The van der Waals surface area contributed by atoms with Gasteiger partial charge in [0.15, 0.2) is 5.78 Å². The van der Waals surface area contributed by atoms with Crippen LogP contribution in [0.1, 0.15) is 33.3 Å². The van der Waals surface area contributed by atoms with Crippen LogP contribution in [0, 0.1) is 0 Å². The molecule has 0 unspecified atom stereocenters. The number of nitrogens with zero attached hydrogens (tertiary/aromatic N) is 1.